The highest BCUT2D eigenvalue weighted by Crippen LogP contribution is 2.63. The van der Waals surface area contributed by atoms with Crippen molar-refractivity contribution in [1.82, 2.24) is 4.90 Å². The average molecular weight is 361 g/mol. The van der Waals surface area contributed by atoms with Gasteiger partial charge < -0.3 is 30.3 Å². The molecule has 26 heavy (non-hydrogen) atoms. The number of nitrogens with two attached hydrogens (primary N) is 1. The number of hydrogen-bond acceptors (Lipinski definition) is 7. The van der Waals surface area contributed by atoms with Crippen LogP contribution < -0.4 is 15.1 Å². The van der Waals surface area contributed by atoms with Crippen LogP contribution >= 0.6 is 0 Å². The predicted octanol–water partition coefficient (Wildman–Crippen LogP) is 0.112. The maximum absolute atomic E-state index is 11.8. The van der Waals surface area contributed by atoms with E-state index in [1.54, 1.807) is 12.1 Å². The van der Waals surface area contributed by atoms with Crippen molar-refractivity contribution in [3.8, 4) is 11.5 Å². The summed E-state index contributed by atoms with van der Waals surface area (Å²) in [5, 5.41) is 29.8. The Bertz CT molecular complexity index is 790. The highest BCUT2D eigenvalue weighted by Gasteiger charge is 2.55. The highest BCUT2D eigenvalue weighted by molar-refractivity contribution is 6.62. The number of rotatable bonds is 5. The number of carboxylic acids is 1. The summed E-state index contributed by atoms with van der Waals surface area (Å²) < 4.78 is 11.2. The molecule has 8 nitrogen and oxygen atoms in total. The van der Waals surface area contributed by atoms with E-state index in [2.05, 4.69) is 4.90 Å². The fourth-order valence-electron chi connectivity index (χ4n) is 4.28. The van der Waals surface area contributed by atoms with E-state index in [9.17, 15) is 19.9 Å². The summed E-state index contributed by atoms with van der Waals surface area (Å²) in [6.45, 7) is -0.776. The first-order valence-electron chi connectivity index (χ1n) is 9.12. The number of carbonyl (C=O) groups is 1. The lowest BCUT2D eigenvalue weighted by Gasteiger charge is -2.41. The molecule has 0 amide bonds. The molecular formula is C17H22BN2O6-. The number of fused-ring (bicyclic) bond motifs is 3. The third kappa shape index (κ3) is 2.58. The molecule has 4 aliphatic rings. The molecule has 5 rings (SSSR count). The summed E-state index contributed by atoms with van der Waals surface area (Å²) >= 11 is 0. The molecule has 3 fully saturated rings. The Morgan fingerprint density at radius 3 is 2.77 bits per heavy atom. The van der Waals surface area contributed by atoms with Crippen molar-refractivity contribution < 1.29 is 29.3 Å². The van der Waals surface area contributed by atoms with Gasteiger partial charge in [-0.3, -0.25) is 4.90 Å². The molecule has 0 spiro atoms. The number of aromatic carboxylic acids is 1. The minimum atomic E-state index is -3.02. The zero-order chi connectivity index (χ0) is 18.3. The molecule has 5 N–H and O–H groups in total. The van der Waals surface area contributed by atoms with Crippen LogP contribution in [-0.4, -0.2) is 64.1 Å². The Morgan fingerprint density at radius 1 is 1.38 bits per heavy atom. The molecular weight excluding hydrogens is 339 g/mol. The van der Waals surface area contributed by atoms with Crippen LogP contribution in [0.4, 0.5) is 0 Å². The standard InChI is InChI=1S/C17H22BN2O6/c19-17(3-4-17)8-20-6-9(7-20)25-13-2-1-10-11-5-12(11)18(23,24)26-15(10)14(13)16(21)22/h1-2,9,11-12,23-24H,3-8,19H2,(H,21,22)/q-1/t11-,12-/m0/s1. The van der Waals surface area contributed by atoms with Crippen LogP contribution in [0.15, 0.2) is 12.1 Å². The zero-order valence-corrected chi connectivity index (χ0v) is 14.3. The summed E-state index contributed by atoms with van der Waals surface area (Å²) in [7, 11) is 0. The zero-order valence-electron chi connectivity index (χ0n) is 14.3. The Hall–Kier alpha value is -1.81. The average Bonchev–Trinajstić information content (AvgIpc) is 3.40. The van der Waals surface area contributed by atoms with Crippen molar-refractivity contribution >= 4 is 12.7 Å². The number of nitrogens with zero attached hydrogens (tertiary/aromatic N) is 1. The van der Waals surface area contributed by atoms with Crippen LogP contribution in [0.1, 0.15) is 41.1 Å². The van der Waals surface area contributed by atoms with Crippen molar-refractivity contribution in [3.63, 3.8) is 0 Å². The number of likely N-dealkylation sites (tertiary alicyclic amines) is 1. The summed E-state index contributed by atoms with van der Waals surface area (Å²) in [6, 6.07) is 3.44. The minimum absolute atomic E-state index is 0.0359. The SMILES string of the molecule is NC1(CN2CC(Oc3ccc4c(c3C(=O)O)O[B-](O)(O)[C@H]3C[C@@H]43)C2)CC1. The normalized spacial score (nSPS) is 30.4. The molecule has 0 unspecified atom stereocenters. The molecule has 2 aliphatic heterocycles. The molecule has 0 bridgehead atoms. The van der Waals surface area contributed by atoms with Gasteiger partial charge in [-0.15, -0.1) is 0 Å². The highest BCUT2D eigenvalue weighted by atomic mass is 16.6. The van der Waals surface area contributed by atoms with Gasteiger partial charge in [-0.1, -0.05) is 18.3 Å². The second-order valence-corrected chi connectivity index (χ2v) is 8.34. The van der Waals surface area contributed by atoms with Crippen LogP contribution in [-0.2, 0) is 0 Å². The largest absolute Gasteiger partial charge is 0.669 e. The monoisotopic (exact) mass is 361 g/mol. The van der Waals surface area contributed by atoms with Gasteiger partial charge in [0, 0.05) is 25.2 Å². The summed E-state index contributed by atoms with van der Waals surface area (Å²) in [4.78, 5) is 14.0. The Balaban J connectivity index is 1.36. The lowest BCUT2D eigenvalue weighted by Crippen LogP contribution is -2.57. The minimum Gasteiger partial charge on any atom is -0.669 e. The summed E-state index contributed by atoms with van der Waals surface area (Å²) in [5.74, 6) is -1.35. The third-order valence-electron chi connectivity index (χ3n) is 6.10. The smallest absolute Gasteiger partial charge is 0.434 e. The lowest BCUT2D eigenvalue weighted by molar-refractivity contribution is 0.0137. The van der Waals surface area contributed by atoms with Gasteiger partial charge in [-0.2, -0.15) is 0 Å². The van der Waals surface area contributed by atoms with Crippen molar-refractivity contribution in [2.75, 3.05) is 19.6 Å². The lowest BCUT2D eigenvalue weighted by atomic mass is 9.68. The molecule has 1 aromatic rings. The van der Waals surface area contributed by atoms with Crippen LogP contribution in [0, 0.1) is 0 Å². The van der Waals surface area contributed by atoms with E-state index in [0.29, 0.717) is 19.5 Å². The van der Waals surface area contributed by atoms with E-state index in [4.69, 9.17) is 15.1 Å². The van der Waals surface area contributed by atoms with Crippen molar-refractivity contribution in [3.05, 3.63) is 23.3 Å². The first-order valence-corrected chi connectivity index (χ1v) is 9.12. The van der Waals surface area contributed by atoms with Gasteiger partial charge in [0.15, 0.2) is 0 Å². The van der Waals surface area contributed by atoms with E-state index in [-0.39, 0.29) is 40.4 Å². The van der Waals surface area contributed by atoms with Crippen LogP contribution in [0.25, 0.3) is 0 Å². The Morgan fingerprint density at radius 2 is 2.12 bits per heavy atom. The maximum atomic E-state index is 11.8. The fourth-order valence-corrected chi connectivity index (χ4v) is 4.28. The molecule has 1 saturated heterocycles. The van der Waals surface area contributed by atoms with Crippen LogP contribution in [0.5, 0.6) is 11.5 Å². The number of carboxylic acid groups (broad SMARTS) is 1. The molecule has 2 aliphatic carbocycles. The molecule has 2 atom stereocenters. The van der Waals surface area contributed by atoms with E-state index in [0.717, 1.165) is 24.9 Å². The van der Waals surface area contributed by atoms with Crippen LogP contribution in [0.2, 0.25) is 5.82 Å². The predicted molar refractivity (Wildman–Crippen MR) is 92.3 cm³/mol. The van der Waals surface area contributed by atoms with E-state index < -0.39 is 12.7 Å². The molecule has 0 aromatic heterocycles. The first-order chi connectivity index (χ1) is 12.3. The second-order valence-electron chi connectivity index (χ2n) is 8.34. The number of ether oxygens (including phenoxy) is 1. The van der Waals surface area contributed by atoms with Crippen molar-refractivity contribution in [2.45, 2.75) is 42.6 Å². The fraction of sp³-hybridized carbons (Fsp3) is 0.588. The third-order valence-corrected chi connectivity index (χ3v) is 6.10. The molecule has 2 saturated carbocycles. The molecule has 2 heterocycles. The Labute approximate surface area is 150 Å². The topological polar surface area (TPSA) is 125 Å². The van der Waals surface area contributed by atoms with Gasteiger partial charge in [0.1, 0.15) is 17.4 Å². The van der Waals surface area contributed by atoms with E-state index in [1.807, 2.05) is 0 Å². The van der Waals surface area contributed by atoms with Gasteiger partial charge in [0.05, 0.1) is 5.75 Å². The van der Waals surface area contributed by atoms with Crippen molar-refractivity contribution in [2.24, 2.45) is 5.73 Å². The molecule has 1 aromatic carbocycles. The molecule has 9 heteroatoms. The number of benzene rings is 1. The maximum Gasteiger partial charge on any atom is 0.434 e. The first kappa shape index (κ1) is 16.4. The van der Waals surface area contributed by atoms with Crippen molar-refractivity contribution in [1.29, 1.82) is 0 Å². The Kier molecular flexibility index (Phi) is 3.23. The van der Waals surface area contributed by atoms with Gasteiger partial charge in [0.2, 0.25) is 0 Å². The van der Waals surface area contributed by atoms with E-state index >= 15 is 0 Å². The molecule has 0 radical (unpaired) electrons. The summed E-state index contributed by atoms with van der Waals surface area (Å²) in [6.07, 6.45) is 2.59. The second kappa shape index (κ2) is 5.13. The molecule has 140 valence electrons. The quantitative estimate of drug-likeness (QED) is 0.545. The summed E-state index contributed by atoms with van der Waals surface area (Å²) in [5.41, 5.74) is 6.66. The van der Waals surface area contributed by atoms with Gasteiger partial charge in [0.25, 0.3) is 0 Å². The van der Waals surface area contributed by atoms with Gasteiger partial charge in [-0.25, -0.2) is 4.79 Å². The van der Waals surface area contributed by atoms with Gasteiger partial charge in [-0.05, 0) is 30.4 Å². The van der Waals surface area contributed by atoms with E-state index in [1.165, 1.54) is 0 Å². The van der Waals surface area contributed by atoms with Crippen LogP contribution in [0.3, 0.4) is 0 Å². The van der Waals surface area contributed by atoms with Gasteiger partial charge >= 0.3 is 12.7 Å². The number of hydrogen-bond donors (Lipinski definition) is 4.